The first-order chi connectivity index (χ1) is 8.25. The molecule has 1 heterocycles. The van der Waals surface area contributed by atoms with Gasteiger partial charge in [-0.3, -0.25) is 0 Å². The van der Waals surface area contributed by atoms with Gasteiger partial charge in [-0.05, 0) is 35.4 Å². The maximum absolute atomic E-state index is 10.4. The molecule has 0 aliphatic heterocycles. The van der Waals surface area contributed by atoms with E-state index in [0.29, 0.717) is 6.61 Å². The fourth-order valence-electron chi connectivity index (χ4n) is 1.60. The first-order valence-corrected chi connectivity index (χ1v) is 6.69. The molecular weight excluding hydrogens is 236 g/mol. The van der Waals surface area contributed by atoms with E-state index in [1.165, 1.54) is 12.8 Å². The summed E-state index contributed by atoms with van der Waals surface area (Å²) in [6, 6.07) is 1.92. The minimum absolute atomic E-state index is 0.587. The fourth-order valence-corrected chi connectivity index (χ4v) is 2.40. The predicted molar refractivity (Wildman–Crippen MR) is 68.0 cm³/mol. The summed E-state index contributed by atoms with van der Waals surface area (Å²) in [6.45, 7) is 1.40. The van der Waals surface area contributed by atoms with Crippen molar-refractivity contribution in [2.45, 2.75) is 25.9 Å². The van der Waals surface area contributed by atoms with Crippen molar-refractivity contribution in [1.29, 1.82) is 0 Å². The molecule has 0 amide bonds. The van der Waals surface area contributed by atoms with Crippen molar-refractivity contribution >= 4 is 23.4 Å². The van der Waals surface area contributed by atoms with E-state index < -0.39 is 5.97 Å². The molecule has 1 N–H and O–H groups in total. The molecule has 0 atom stereocenters. The average molecular weight is 252 g/mol. The fraction of sp³-hybridized carbons (Fsp3) is 0.462. The average Bonchev–Trinajstić information content (AvgIpc) is 3.01. The van der Waals surface area contributed by atoms with Gasteiger partial charge in [-0.15, -0.1) is 11.3 Å². The third kappa shape index (κ3) is 4.32. The summed E-state index contributed by atoms with van der Waals surface area (Å²) in [5.74, 6) is -0.0264. The summed E-state index contributed by atoms with van der Waals surface area (Å²) in [5.41, 5.74) is 0.948. The molecule has 4 heteroatoms. The quantitative estimate of drug-likeness (QED) is 0.599. The maximum atomic E-state index is 10.4. The van der Waals surface area contributed by atoms with E-state index in [0.717, 1.165) is 35.5 Å². The molecule has 0 saturated heterocycles. The Balaban J connectivity index is 1.78. The van der Waals surface area contributed by atoms with Crippen LogP contribution in [0.15, 0.2) is 17.5 Å². The molecule has 1 saturated carbocycles. The lowest BCUT2D eigenvalue weighted by Crippen LogP contribution is -1.96. The van der Waals surface area contributed by atoms with Crippen LogP contribution in [-0.2, 0) is 16.1 Å². The molecule has 1 aromatic heterocycles. The molecule has 0 radical (unpaired) electrons. The summed E-state index contributed by atoms with van der Waals surface area (Å²) >= 11 is 1.61. The van der Waals surface area contributed by atoms with Crippen LogP contribution in [0.3, 0.4) is 0 Å². The van der Waals surface area contributed by atoms with Gasteiger partial charge in [-0.2, -0.15) is 0 Å². The zero-order valence-electron chi connectivity index (χ0n) is 9.59. The molecule has 0 spiro atoms. The first kappa shape index (κ1) is 12.3. The van der Waals surface area contributed by atoms with Crippen LogP contribution >= 0.6 is 11.3 Å². The number of hydrogen-bond acceptors (Lipinski definition) is 3. The van der Waals surface area contributed by atoms with Gasteiger partial charge in [0.2, 0.25) is 0 Å². The highest BCUT2D eigenvalue weighted by Crippen LogP contribution is 2.32. The van der Waals surface area contributed by atoms with Gasteiger partial charge >= 0.3 is 5.97 Å². The molecule has 0 aromatic carbocycles. The molecule has 1 aromatic rings. The number of hydrogen-bond donors (Lipinski definition) is 1. The van der Waals surface area contributed by atoms with E-state index in [1.54, 1.807) is 17.4 Å². The summed E-state index contributed by atoms with van der Waals surface area (Å²) in [6.07, 6.45) is 6.66. The van der Waals surface area contributed by atoms with Crippen LogP contribution in [0, 0.1) is 5.92 Å². The largest absolute Gasteiger partial charge is 0.478 e. The molecule has 0 bridgehead atoms. The number of carbonyl (C=O) groups is 1. The Morgan fingerprint density at radius 3 is 3.12 bits per heavy atom. The summed E-state index contributed by atoms with van der Waals surface area (Å²) in [7, 11) is 0. The van der Waals surface area contributed by atoms with Gasteiger partial charge < -0.3 is 9.84 Å². The molecule has 1 aliphatic rings. The van der Waals surface area contributed by atoms with Crippen molar-refractivity contribution in [3.63, 3.8) is 0 Å². The second-order valence-corrected chi connectivity index (χ2v) is 5.26. The molecule has 92 valence electrons. The number of carboxylic acids is 1. The summed E-state index contributed by atoms with van der Waals surface area (Å²) in [5, 5.41) is 10.5. The Kier molecular flexibility index (Phi) is 4.34. The maximum Gasteiger partial charge on any atom is 0.328 e. The number of rotatable bonds is 7. The Morgan fingerprint density at radius 1 is 1.59 bits per heavy atom. The van der Waals surface area contributed by atoms with Crippen molar-refractivity contribution < 1.29 is 14.6 Å². The van der Waals surface area contributed by atoms with Crippen molar-refractivity contribution in [2.24, 2.45) is 5.92 Å². The summed E-state index contributed by atoms with van der Waals surface area (Å²) in [4.78, 5) is 11.5. The molecule has 3 nitrogen and oxygen atoms in total. The first-order valence-electron chi connectivity index (χ1n) is 5.81. The van der Waals surface area contributed by atoms with Crippen LogP contribution in [0.1, 0.15) is 29.7 Å². The molecule has 1 aliphatic carbocycles. The molecular formula is C13H16O3S. The highest BCUT2D eigenvalue weighted by molar-refractivity contribution is 7.10. The minimum atomic E-state index is -0.920. The topological polar surface area (TPSA) is 46.5 Å². The van der Waals surface area contributed by atoms with E-state index >= 15 is 0 Å². The van der Waals surface area contributed by atoms with Gasteiger partial charge in [0.15, 0.2) is 0 Å². The van der Waals surface area contributed by atoms with E-state index in [-0.39, 0.29) is 0 Å². The van der Waals surface area contributed by atoms with E-state index in [1.807, 2.05) is 11.4 Å². The highest BCUT2D eigenvalue weighted by Gasteiger charge is 2.20. The Labute approximate surface area is 105 Å². The minimum Gasteiger partial charge on any atom is -0.478 e. The van der Waals surface area contributed by atoms with Gasteiger partial charge in [0, 0.05) is 17.6 Å². The van der Waals surface area contributed by atoms with E-state index in [4.69, 9.17) is 9.84 Å². The number of thiophene rings is 1. The second-order valence-electron chi connectivity index (χ2n) is 4.26. The van der Waals surface area contributed by atoms with Crippen LogP contribution in [-0.4, -0.2) is 17.7 Å². The van der Waals surface area contributed by atoms with Gasteiger partial charge in [0.25, 0.3) is 0 Å². The smallest absolute Gasteiger partial charge is 0.328 e. The number of carboxylic acid groups (broad SMARTS) is 1. The highest BCUT2D eigenvalue weighted by atomic mass is 32.1. The van der Waals surface area contributed by atoms with Crippen molar-refractivity contribution in [3.05, 3.63) is 28.0 Å². The molecule has 17 heavy (non-hydrogen) atoms. The lowest BCUT2D eigenvalue weighted by Gasteiger charge is -2.02. The molecule has 1 fully saturated rings. The van der Waals surface area contributed by atoms with Crippen LogP contribution in [0.25, 0.3) is 6.08 Å². The SMILES string of the molecule is O=C(O)/C=C/c1ccsc1COCCC1CC1. The van der Waals surface area contributed by atoms with E-state index in [9.17, 15) is 4.79 Å². The van der Waals surface area contributed by atoms with Gasteiger partial charge in [-0.25, -0.2) is 4.79 Å². The van der Waals surface area contributed by atoms with Crippen LogP contribution < -0.4 is 0 Å². The molecule has 0 unspecified atom stereocenters. The lowest BCUT2D eigenvalue weighted by atomic mass is 10.2. The molecule has 2 rings (SSSR count). The lowest BCUT2D eigenvalue weighted by molar-refractivity contribution is -0.131. The van der Waals surface area contributed by atoms with Gasteiger partial charge in [0.1, 0.15) is 0 Å². The Bertz CT molecular complexity index is 405. The zero-order chi connectivity index (χ0) is 12.1. The Morgan fingerprint density at radius 2 is 2.41 bits per heavy atom. The van der Waals surface area contributed by atoms with Gasteiger partial charge in [0.05, 0.1) is 6.61 Å². The van der Waals surface area contributed by atoms with Gasteiger partial charge in [-0.1, -0.05) is 12.8 Å². The van der Waals surface area contributed by atoms with Crippen molar-refractivity contribution in [2.75, 3.05) is 6.61 Å². The zero-order valence-corrected chi connectivity index (χ0v) is 10.4. The van der Waals surface area contributed by atoms with Crippen LogP contribution in [0.4, 0.5) is 0 Å². The normalized spacial score (nSPS) is 15.5. The monoisotopic (exact) mass is 252 g/mol. The second kappa shape index (κ2) is 5.98. The van der Waals surface area contributed by atoms with Crippen LogP contribution in [0.5, 0.6) is 0 Å². The number of ether oxygens (including phenoxy) is 1. The third-order valence-electron chi connectivity index (χ3n) is 2.79. The number of aliphatic carboxylic acids is 1. The van der Waals surface area contributed by atoms with Crippen molar-refractivity contribution in [3.8, 4) is 0 Å². The standard InChI is InChI=1S/C13H16O3S/c14-13(15)4-3-11-6-8-17-12(11)9-16-7-5-10-1-2-10/h3-4,6,8,10H,1-2,5,7,9H2,(H,14,15)/b4-3+. The van der Waals surface area contributed by atoms with Crippen molar-refractivity contribution in [1.82, 2.24) is 0 Å². The Hall–Kier alpha value is -1.13. The predicted octanol–water partition coefficient (Wildman–Crippen LogP) is 3.16. The summed E-state index contributed by atoms with van der Waals surface area (Å²) < 4.78 is 5.61. The third-order valence-corrected chi connectivity index (χ3v) is 3.70. The van der Waals surface area contributed by atoms with E-state index in [2.05, 4.69) is 0 Å². The van der Waals surface area contributed by atoms with Crippen LogP contribution in [0.2, 0.25) is 0 Å².